The first-order chi connectivity index (χ1) is 9.55. The lowest BCUT2D eigenvalue weighted by Crippen LogP contribution is -2.53. The van der Waals surface area contributed by atoms with Gasteiger partial charge in [0.05, 0.1) is 12.0 Å². The number of nitrogens with zero attached hydrogens (tertiary/aromatic N) is 1. The van der Waals surface area contributed by atoms with Gasteiger partial charge in [-0.05, 0) is 25.8 Å². The first kappa shape index (κ1) is 16.9. The maximum atomic E-state index is 12.8. The second-order valence-electron chi connectivity index (χ2n) is 5.42. The Kier molecular flexibility index (Phi) is 6.95. The molecule has 0 aromatic heterocycles. The van der Waals surface area contributed by atoms with E-state index < -0.39 is 11.4 Å². The second-order valence-corrected chi connectivity index (χ2v) is 5.42. The summed E-state index contributed by atoms with van der Waals surface area (Å²) in [7, 11) is 1.55. The molecule has 0 aromatic rings. The molecule has 1 aliphatic rings. The van der Waals surface area contributed by atoms with E-state index in [2.05, 4.69) is 12.2 Å². The Balaban J connectivity index is 2.84. The third-order valence-electron chi connectivity index (χ3n) is 3.83. The van der Waals surface area contributed by atoms with E-state index in [0.717, 1.165) is 32.2 Å². The van der Waals surface area contributed by atoms with E-state index >= 15 is 0 Å². The predicted octanol–water partition coefficient (Wildman–Crippen LogP) is 0.716. The number of amides is 1. The van der Waals surface area contributed by atoms with Gasteiger partial charge in [0.1, 0.15) is 6.54 Å². The highest BCUT2D eigenvalue weighted by atomic mass is 16.5. The molecule has 0 aliphatic carbocycles. The van der Waals surface area contributed by atoms with Crippen LogP contribution in [0.1, 0.15) is 32.6 Å². The SMILES string of the molecule is CCCC1(C(=O)N(CCOC)CC(=O)O)CCCNC1. The maximum absolute atomic E-state index is 12.8. The number of methoxy groups -OCH3 is 1. The van der Waals surface area contributed by atoms with Gasteiger partial charge in [0, 0.05) is 20.2 Å². The molecule has 1 heterocycles. The Hall–Kier alpha value is -1.14. The van der Waals surface area contributed by atoms with Crippen molar-refractivity contribution in [3.05, 3.63) is 0 Å². The Morgan fingerprint density at radius 2 is 2.20 bits per heavy atom. The molecule has 0 spiro atoms. The molecule has 2 N–H and O–H groups in total. The first-order valence-electron chi connectivity index (χ1n) is 7.26. The molecule has 1 fully saturated rings. The van der Waals surface area contributed by atoms with Crippen molar-refractivity contribution in [3.8, 4) is 0 Å². The minimum atomic E-state index is -0.982. The number of rotatable bonds is 8. The van der Waals surface area contributed by atoms with Crippen LogP contribution in [0.3, 0.4) is 0 Å². The van der Waals surface area contributed by atoms with Gasteiger partial charge in [-0.3, -0.25) is 9.59 Å². The smallest absolute Gasteiger partial charge is 0.323 e. The van der Waals surface area contributed by atoms with E-state index in [1.165, 1.54) is 4.90 Å². The minimum Gasteiger partial charge on any atom is -0.480 e. The normalized spacial score (nSPS) is 22.5. The maximum Gasteiger partial charge on any atom is 0.323 e. The van der Waals surface area contributed by atoms with Crippen LogP contribution in [0.4, 0.5) is 0 Å². The standard InChI is InChI=1S/C14H26N2O4/c1-3-5-14(6-4-7-15-11-14)13(19)16(8-9-20-2)10-12(17)18/h15H,3-11H2,1-2H3,(H,17,18). The van der Waals surface area contributed by atoms with Crippen LogP contribution in [0.25, 0.3) is 0 Å². The van der Waals surface area contributed by atoms with E-state index in [1.54, 1.807) is 7.11 Å². The molecule has 1 rings (SSSR count). The molecule has 0 saturated carbocycles. The van der Waals surface area contributed by atoms with Gasteiger partial charge in [-0.15, -0.1) is 0 Å². The van der Waals surface area contributed by atoms with Crippen LogP contribution in [0, 0.1) is 5.41 Å². The van der Waals surface area contributed by atoms with E-state index in [1.807, 2.05) is 0 Å². The molecule has 116 valence electrons. The van der Waals surface area contributed by atoms with Crippen molar-refractivity contribution < 1.29 is 19.4 Å². The highest BCUT2D eigenvalue weighted by Crippen LogP contribution is 2.33. The fourth-order valence-electron chi connectivity index (χ4n) is 2.90. The van der Waals surface area contributed by atoms with E-state index in [4.69, 9.17) is 9.84 Å². The average molecular weight is 286 g/mol. The molecule has 1 atom stereocenters. The van der Waals surface area contributed by atoms with Gasteiger partial charge in [-0.25, -0.2) is 0 Å². The zero-order chi connectivity index (χ0) is 15.0. The van der Waals surface area contributed by atoms with Crippen LogP contribution in [0.15, 0.2) is 0 Å². The van der Waals surface area contributed by atoms with Crippen LogP contribution < -0.4 is 5.32 Å². The number of hydrogen-bond donors (Lipinski definition) is 2. The number of carbonyl (C=O) groups excluding carboxylic acids is 1. The van der Waals surface area contributed by atoms with Crippen LogP contribution in [-0.4, -0.2) is 61.8 Å². The molecular weight excluding hydrogens is 260 g/mol. The monoisotopic (exact) mass is 286 g/mol. The Bertz CT molecular complexity index is 322. The summed E-state index contributed by atoms with van der Waals surface area (Å²) in [5, 5.41) is 12.3. The number of nitrogens with one attached hydrogen (secondary N) is 1. The van der Waals surface area contributed by atoms with Crippen LogP contribution >= 0.6 is 0 Å². The Labute approximate surface area is 120 Å². The Morgan fingerprint density at radius 1 is 1.45 bits per heavy atom. The average Bonchev–Trinajstić information content (AvgIpc) is 2.43. The number of carboxylic acids is 1. The fraction of sp³-hybridized carbons (Fsp3) is 0.857. The van der Waals surface area contributed by atoms with Gasteiger partial charge in [0.15, 0.2) is 0 Å². The summed E-state index contributed by atoms with van der Waals surface area (Å²) >= 11 is 0. The number of hydrogen-bond acceptors (Lipinski definition) is 4. The summed E-state index contributed by atoms with van der Waals surface area (Å²) in [6, 6.07) is 0. The summed E-state index contributed by atoms with van der Waals surface area (Å²) in [5.74, 6) is -1.03. The molecule has 1 saturated heterocycles. The highest BCUT2D eigenvalue weighted by molar-refractivity contribution is 5.86. The van der Waals surface area contributed by atoms with Crippen molar-refractivity contribution in [1.82, 2.24) is 10.2 Å². The molecule has 0 radical (unpaired) electrons. The molecule has 6 heteroatoms. The summed E-state index contributed by atoms with van der Waals surface area (Å²) < 4.78 is 4.98. The third-order valence-corrected chi connectivity index (χ3v) is 3.83. The van der Waals surface area contributed by atoms with E-state index in [-0.39, 0.29) is 12.5 Å². The van der Waals surface area contributed by atoms with Gasteiger partial charge >= 0.3 is 5.97 Å². The number of piperidine rings is 1. The van der Waals surface area contributed by atoms with Gasteiger partial charge in [0.25, 0.3) is 0 Å². The summed E-state index contributed by atoms with van der Waals surface area (Å²) in [6.45, 7) is 4.05. The van der Waals surface area contributed by atoms with Gasteiger partial charge in [-0.1, -0.05) is 13.3 Å². The van der Waals surface area contributed by atoms with Crippen molar-refractivity contribution in [2.75, 3.05) is 39.9 Å². The van der Waals surface area contributed by atoms with Crippen LogP contribution in [0.2, 0.25) is 0 Å². The topological polar surface area (TPSA) is 78.9 Å². The lowest BCUT2D eigenvalue weighted by molar-refractivity contribution is -0.151. The molecule has 1 amide bonds. The lowest BCUT2D eigenvalue weighted by Gasteiger charge is -2.39. The predicted molar refractivity (Wildman–Crippen MR) is 75.5 cm³/mol. The lowest BCUT2D eigenvalue weighted by atomic mass is 9.75. The van der Waals surface area contributed by atoms with Crippen molar-refractivity contribution in [2.24, 2.45) is 5.41 Å². The first-order valence-corrected chi connectivity index (χ1v) is 7.26. The number of carboxylic acid groups (broad SMARTS) is 1. The molecule has 1 aliphatic heterocycles. The van der Waals surface area contributed by atoms with Crippen molar-refractivity contribution in [3.63, 3.8) is 0 Å². The zero-order valence-electron chi connectivity index (χ0n) is 12.5. The third kappa shape index (κ3) is 4.45. The van der Waals surface area contributed by atoms with E-state index in [0.29, 0.717) is 19.7 Å². The summed E-state index contributed by atoms with van der Waals surface area (Å²) in [6.07, 6.45) is 3.49. The zero-order valence-corrected chi connectivity index (χ0v) is 12.5. The molecule has 20 heavy (non-hydrogen) atoms. The largest absolute Gasteiger partial charge is 0.480 e. The van der Waals surface area contributed by atoms with Crippen molar-refractivity contribution >= 4 is 11.9 Å². The molecule has 6 nitrogen and oxygen atoms in total. The van der Waals surface area contributed by atoms with Crippen molar-refractivity contribution in [2.45, 2.75) is 32.6 Å². The molecule has 1 unspecified atom stereocenters. The van der Waals surface area contributed by atoms with Gasteiger partial charge < -0.3 is 20.1 Å². The van der Waals surface area contributed by atoms with Gasteiger partial charge in [-0.2, -0.15) is 0 Å². The molecule has 0 aromatic carbocycles. The van der Waals surface area contributed by atoms with E-state index in [9.17, 15) is 9.59 Å². The van der Waals surface area contributed by atoms with Crippen molar-refractivity contribution in [1.29, 1.82) is 0 Å². The molecule has 0 bridgehead atoms. The van der Waals surface area contributed by atoms with Crippen LogP contribution in [0.5, 0.6) is 0 Å². The highest BCUT2D eigenvalue weighted by Gasteiger charge is 2.41. The second kappa shape index (κ2) is 8.21. The van der Waals surface area contributed by atoms with Gasteiger partial charge in [0.2, 0.25) is 5.91 Å². The minimum absolute atomic E-state index is 0.0500. The number of carbonyl (C=O) groups is 2. The summed E-state index contributed by atoms with van der Waals surface area (Å²) in [4.78, 5) is 25.2. The molecular formula is C14H26N2O4. The number of aliphatic carboxylic acids is 1. The Morgan fingerprint density at radius 3 is 2.70 bits per heavy atom. The quantitative estimate of drug-likeness (QED) is 0.687. The fourth-order valence-corrected chi connectivity index (χ4v) is 2.90. The number of ether oxygens (including phenoxy) is 1. The summed E-state index contributed by atoms with van der Waals surface area (Å²) in [5.41, 5.74) is -0.448. The van der Waals surface area contributed by atoms with Crippen LogP contribution in [-0.2, 0) is 14.3 Å².